The molecule has 2 amide bonds. The van der Waals surface area contributed by atoms with Gasteiger partial charge in [0.05, 0.1) is 27.2 Å². The fourth-order valence-corrected chi connectivity index (χ4v) is 4.43. The summed E-state index contributed by atoms with van der Waals surface area (Å²) in [5, 5.41) is 0.545. The van der Waals surface area contributed by atoms with Gasteiger partial charge < -0.3 is 19.3 Å². The lowest BCUT2D eigenvalue weighted by Gasteiger charge is -2.33. The number of piperazine rings is 1. The molecule has 0 unspecified atom stereocenters. The minimum atomic E-state index is -3.85. The normalized spacial score (nSPS) is 14.0. The van der Waals surface area contributed by atoms with Crippen LogP contribution < -0.4 is 9.46 Å². The Bertz CT molecular complexity index is 1100. The minimum absolute atomic E-state index is 0.0161. The van der Waals surface area contributed by atoms with Crippen molar-refractivity contribution in [3.63, 3.8) is 0 Å². The lowest BCUT2D eigenvalue weighted by Crippen LogP contribution is -2.51. The molecule has 1 heterocycles. The first kappa shape index (κ1) is 24.9. The highest BCUT2D eigenvalue weighted by atomic mass is 35.5. The van der Waals surface area contributed by atoms with Crippen LogP contribution in [0.1, 0.15) is 6.92 Å². The molecule has 1 aliphatic heterocycles. The highest BCUT2D eigenvalue weighted by Gasteiger charge is 2.25. The zero-order chi connectivity index (χ0) is 24.0. The number of benzene rings is 2. The third-order valence-electron chi connectivity index (χ3n) is 4.83. The Morgan fingerprint density at radius 3 is 2.21 bits per heavy atom. The molecular weight excluding hydrogens is 493 g/mol. The number of nitrogens with one attached hydrogen (secondary N) is 1. The van der Waals surface area contributed by atoms with Crippen molar-refractivity contribution in [1.29, 1.82) is 0 Å². The summed E-state index contributed by atoms with van der Waals surface area (Å²) < 4.78 is 38.0. The fraction of sp³-hybridized carbons (Fsp3) is 0.333. The smallest absolute Gasteiger partial charge is 0.409 e. The SMILES string of the molecule is CCOC(=O)N1CCN(C(=O)COc2ccc(S(=O)(=O)Nc3ccc(Cl)c(Cl)c3)cc2)CC1. The summed E-state index contributed by atoms with van der Waals surface area (Å²) in [5.41, 5.74) is 0.276. The Labute approximate surface area is 202 Å². The largest absolute Gasteiger partial charge is 0.484 e. The van der Waals surface area contributed by atoms with Crippen LogP contribution in [0.3, 0.4) is 0 Å². The molecule has 9 nitrogen and oxygen atoms in total. The van der Waals surface area contributed by atoms with E-state index in [-0.39, 0.29) is 34.2 Å². The number of halogens is 2. The van der Waals surface area contributed by atoms with Crippen molar-refractivity contribution in [2.45, 2.75) is 11.8 Å². The molecule has 0 saturated carbocycles. The van der Waals surface area contributed by atoms with E-state index in [0.717, 1.165) is 0 Å². The van der Waals surface area contributed by atoms with Gasteiger partial charge in [0.15, 0.2) is 6.61 Å². The molecular formula is C21H23Cl2N3O6S. The van der Waals surface area contributed by atoms with Gasteiger partial charge in [0.25, 0.3) is 15.9 Å². The number of rotatable bonds is 7. The number of hydrogen-bond acceptors (Lipinski definition) is 6. The number of carbonyl (C=O) groups excluding carboxylic acids is 2. The number of ether oxygens (including phenoxy) is 2. The molecule has 1 fully saturated rings. The van der Waals surface area contributed by atoms with Gasteiger partial charge in [-0.2, -0.15) is 0 Å². The third-order valence-corrected chi connectivity index (χ3v) is 6.96. The van der Waals surface area contributed by atoms with Gasteiger partial charge in [0.2, 0.25) is 0 Å². The summed E-state index contributed by atoms with van der Waals surface area (Å²) in [6.45, 7) is 3.40. The third kappa shape index (κ3) is 6.66. The van der Waals surface area contributed by atoms with Crippen molar-refractivity contribution in [3.8, 4) is 5.75 Å². The number of hydrogen-bond donors (Lipinski definition) is 1. The van der Waals surface area contributed by atoms with Crippen molar-refractivity contribution in [3.05, 3.63) is 52.5 Å². The van der Waals surface area contributed by atoms with Gasteiger partial charge >= 0.3 is 6.09 Å². The van der Waals surface area contributed by atoms with Crippen molar-refractivity contribution in [1.82, 2.24) is 9.80 Å². The molecule has 0 radical (unpaired) electrons. The fourth-order valence-electron chi connectivity index (χ4n) is 3.08. The standard InChI is InChI=1S/C21H23Cl2N3O6S/c1-2-31-21(28)26-11-9-25(10-12-26)20(27)14-32-16-4-6-17(7-5-16)33(29,30)24-15-3-8-18(22)19(23)13-15/h3-8,13,24H,2,9-12,14H2,1H3. The van der Waals surface area contributed by atoms with Crippen LogP contribution in [0.5, 0.6) is 5.75 Å². The first-order valence-electron chi connectivity index (χ1n) is 10.1. The first-order valence-corrected chi connectivity index (χ1v) is 12.3. The molecule has 33 heavy (non-hydrogen) atoms. The van der Waals surface area contributed by atoms with Gasteiger partial charge in [0, 0.05) is 26.2 Å². The number of amides is 2. The van der Waals surface area contributed by atoms with Crippen LogP contribution in [0.15, 0.2) is 47.4 Å². The molecule has 1 aliphatic rings. The number of nitrogens with zero attached hydrogens (tertiary/aromatic N) is 2. The molecule has 178 valence electrons. The lowest BCUT2D eigenvalue weighted by atomic mass is 10.3. The van der Waals surface area contributed by atoms with Crippen LogP contribution >= 0.6 is 23.2 Å². The van der Waals surface area contributed by atoms with E-state index in [9.17, 15) is 18.0 Å². The molecule has 2 aromatic carbocycles. The van der Waals surface area contributed by atoms with E-state index in [0.29, 0.717) is 43.6 Å². The second-order valence-electron chi connectivity index (χ2n) is 7.06. The van der Waals surface area contributed by atoms with Gasteiger partial charge in [-0.15, -0.1) is 0 Å². The first-order chi connectivity index (χ1) is 15.7. The molecule has 0 bridgehead atoms. The minimum Gasteiger partial charge on any atom is -0.484 e. The maximum absolute atomic E-state index is 12.6. The van der Waals surface area contributed by atoms with Crippen LogP contribution in [0.4, 0.5) is 10.5 Å². The van der Waals surface area contributed by atoms with Gasteiger partial charge in [-0.25, -0.2) is 13.2 Å². The summed E-state index contributed by atoms with van der Waals surface area (Å²) in [7, 11) is -3.85. The highest BCUT2D eigenvalue weighted by Crippen LogP contribution is 2.27. The summed E-state index contributed by atoms with van der Waals surface area (Å²) in [4.78, 5) is 27.3. The van der Waals surface area contributed by atoms with Crippen molar-refractivity contribution < 1.29 is 27.5 Å². The molecule has 0 spiro atoms. The maximum atomic E-state index is 12.6. The molecule has 0 aromatic heterocycles. The monoisotopic (exact) mass is 515 g/mol. The number of sulfonamides is 1. The van der Waals surface area contributed by atoms with E-state index in [1.54, 1.807) is 16.7 Å². The van der Waals surface area contributed by atoms with E-state index in [4.69, 9.17) is 32.7 Å². The molecule has 0 atom stereocenters. The number of anilines is 1. The van der Waals surface area contributed by atoms with Crippen LogP contribution in [-0.2, 0) is 19.6 Å². The van der Waals surface area contributed by atoms with E-state index in [1.165, 1.54) is 42.5 Å². The zero-order valence-corrected chi connectivity index (χ0v) is 20.1. The molecule has 12 heteroatoms. The molecule has 1 saturated heterocycles. The predicted octanol–water partition coefficient (Wildman–Crippen LogP) is 3.47. The summed E-state index contributed by atoms with van der Waals surface area (Å²) in [6.07, 6.45) is -0.385. The zero-order valence-electron chi connectivity index (χ0n) is 17.8. The second kappa shape index (κ2) is 11.0. The van der Waals surface area contributed by atoms with Crippen molar-refractivity contribution >= 4 is 50.9 Å². The van der Waals surface area contributed by atoms with E-state index >= 15 is 0 Å². The Morgan fingerprint density at radius 2 is 1.61 bits per heavy atom. The Morgan fingerprint density at radius 1 is 0.970 bits per heavy atom. The number of carbonyl (C=O) groups is 2. The molecule has 3 rings (SSSR count). The van der Waals surface area contributed by atoms with Gasteiger partial charge in [-0.05, 0) is 49.4 Å². The molecule has 1 N–H and O–H groups in total. The van der Waals surface area contributed by atoms with Gasteiger partial charge in [-0.1, -0.05) is 23.2 Å². The Kier molecular flexibility index (Phi) is 8.28. The maximum Gasteiger partial charge on any atom is 0.409 e. The average Bonchev–Trinajstić information content (AvgIpc) is 2.80. The quantitative estimate of drug-likeness (QED) is 0.605. The van der Waals surface area contributed by atoms with Crippen LogP contribution in [0.25, 0.3) is 0 Å². The predicted molar refractivity (Wildman–Crippen MR) is 124 cm³/mol. The van der Waals surface area contributed by atoms with E-state index < -0.39 is 10.0 Å². The molecule has 0 aliphatic carbocycles. The van der Waals surface area contributed by atoms with E-state index in [2.05, 4.69) is 4.72 Å². The topological polar surface area (TPSA) is 105 Å². The summed E-state index contributed by atoms with van der Waals surface area (Å²) >= 11 is 11.8. The van der Waals surface area contributed by atoms with Gasteiger partial charge in [0.1, 0.15) is 5.75 Å². The highest BCUT2D eigenvalue weighted by molar-refractivity contribution is 7.92. The van der Waals surface area contributed by atoms with Gasteiger partial charge in [-0.3, -0.25) is 9.52 Å². The lowest BCUT2D eigenvalue weighted by molar-refractivity contribution is -0.134. The average molecular weight is 516 g/mol. The van der Waals surface area contributed by atoms with E-state index in [1.807, 2.05) is 0 Å². The van der Waals surface area contributed by atoms with Crippen LogP contribution in [-0.4, -0.2) is 69.6 Å². The van der Waals surface area contributed by atoms with Crippen molar-refractivity contribution in [2.75, 3.05) is 44.1 Å². The summed E-state index contributed by atoms with van der Waals surface area (Å²) in [5.74, 6) is 0.124. The Hall–Kier alpha value is -2.69. The Balaban J connectivity index is 1.51. The van der Waals surface area contributed by atoms with Crippen molar-refractivity contribution in [2.24, 2.45) is 0 Å². The van der Waals surface area contributed by atoms with Crippen LogP contribution in [0.2, 0.25) is 10.0 Å². The summed E-state index contributed by atoms with van der Waals surface area (Å²) in [6, 6.07) is 10.1. The van der Waals surface area contributed by atoms with Crippen LogP contribution in [0, 0.1) is 0 Å². The second-order valence-corrected chi connectivity index (χ2v) is 9.56. The molecule has 2 aromatic rings.